The van der Waals surface area contributed by atoms with Crippen molar-refractivity contribution in [2.45, 2.75) is 29.2 Å². The van der Waals surface area contributed by atoms with Crippen LogP contribution in [0.25, 0.3) is 0 Å². The minimum atomic E-state index is -4.35. The fourth-order valence-electron chi connectivity index (χ4n) is 4.55. The van der Waals surface area contributed by atoms with Crippen molar-refractivity contribution >= 4 is 15.5 Å². The van der Waals surface area contributed by atoms with E-state index in [9.17, 15) is 21.6 Å². The van der Waals surface area contributed by atoms with Gasteiger partial charge >= 0.3 is 6.18 Å². The van der Waals surface area contributed by atoms with Gasteiger partial charge < -0.3 is 4.90 Å². The molecule has 3 aromatic rings. The first-order valence-corrected chi connectivity index (χ1v) is 13.3. The van der Waals surface area contributed by atoms with E-state index in [1.165, 1.54) is 12.1 Å². The molecule has 0 spiro atoms. The molecule has 0 saturated carbocycles. The second-order valence-corrected chi connectivity index (χ2v) is 10.9. The highest BCUT2D eigenvalue weighted by Crippen LogP contribution is 2.34. The highest BCUT2D eigenvalue weighted by molar-refractivity contribution is 7.91. The summed E-state index contributed by atoms with van der Waals surface area (Å²) in [5.41, 5.74) is 0.729. The second-order valence-electron chi connectivity index (χ2n) is 8.78. The lowest BCUT2D eigenvalue weighted by Gasteiger charge is -2.36. The van der Waals surface area contributed by atoms with Gasteiger partial charge in [0.1, 0.15) is 0 Å². The predicted octanol–water partition coefficient (Wildman–Crippen LogP) is 5.82. The first kappa shape index (κ1) is 25.3. The fourth-order valence-corrected chi connectivity index (χ4v) is 6.41. The van der Waals surface area contributed by atoms with Crippen LogP contribution in [0, 0.1) is 0 Å². The van der Waals surface area contributed by atoms with Crippen molar-refractivity contribution in [1.82, 2.24) is 4.90 Å². The zero-order valence-corrected chi connectivity index (χ0v) is 20.2. The summed E-state index contributed by atoms with van der Waals surface area (Å²) in [4.78, 5) is 4.54. The number of sulfone groups is 1. The van der Waals surface area contributed by atoms with Gasteiger partial charge in [0.15, 0.2) is 9.84 Å². The fraction of sp³-hybridized carbons (Fsp3) is 0.333. The van der Waals surface area contributed by atoms with Gasteiger partial charge in [0.2, 0.25) is 0 Å². The molecule has 1 saturated heterocycles. The van der Waals surface area contributed by atoms with E-state index < -0.39 is 26.8 Å². The number of hydrogen-bond donors (Lipinski definition) is 0. The summed E-state index contributed by atoms with van der Waals surface area (Å²) in [5, 5.41) is -0.627. The summed E-state index contributed by atoms with van der Waals surface area (Å²) in [7, 11) is -3.54. The monoisotopic (exact) mass is 502 g/mol. The molecule has 0 N–H and O–H groups in total. The first-order valence-electron chi connectivity index (χ1n) is 11.7. The van der Waals surface area contributed by atoms with E-state index >= 15 is 0 Å². The van der Waals surface area contributed by atoms with Crippen LogP contribution in [0.4, 0.5) is 18.9 Å². The van der Waals surface area contributed by atoms with Crippen molar-refractivity contribution in [3.8, 4) is 0 Å². The van der Waals surface area contributed by atoms with Crippen molar-refractivity contribution in [2.75, 3.05) is 37.6 Å². The minimum absolute atomic E-state index is 0.323. The van der Waals surface area contributed by atoms with Crippen LogP contribution < -0.4 is 4.90 Å². The van der Waals surface area contributed by atoms with Crippen LogP contribution in [0.5, 0.6) is 0 Å². The quantitative estimate of drug-likeness (QED) is 0.389. The highest BCUT2D eigenvalue weighted by Gasteiger charge is 2.31. The number of anilines is 1. The molecular weight excluding hydrogens is 473 g/mol. The molecule has 1 aliphatic rings. The van der Waals surface area contributed by atoms with Gasteiger partial charge in [-0.1, -0.05) is 54.6 Å². The van der Waals surface area contributed by atoms with Crippen molar-refractivity contribution in [2.24, 2.45) is 0 Å². The van der Waals surface area contributed by atoms with E-state index in [0.29, 0.717) is 36.5 Å². The average molecular weight is 503 g/mol. The summed E-state index contributed by atoms with van der Waals surface area (Å²) >= 11 is 0. The number of alkyl halides is 3. The second kappa shape index (κ2) is 10.8. The average Bonchev–Trinajstić information content (AvgIpc) is 2.87. The normalized spacial score (nSPS) is 16.3. The van der Waals surface area contributed by atoms with E-state index in [1.54, 1.807) is 36.4 Å². The maximum Gasteiger partial charge on any atom is 0.416 e. The topological polar surface area (TPSA) is 40.6 Å². The van der Waals surface area contributed by atoms with Gasteiger partial charge in [0.25, 0.3) is 0 Å². The molecule has 4 rings (SSSR count). The Kier molecular flexibility index (Phi) is 7.82. The Morgan fingerprint density at radius 2 is 1.43 bits per heavy atom. The molecule has 0 amide bonds. The number of benzene rings is 3. The molecule has 35 heavy (non-hydrogen) atoms. The molecule has 3 aromatic carbocycles. The Bertz CT molecular complexity index is 1190. The molecule has 1 atom stereocenters. The van der Waals surface area contributed by atoms with Gasteiger partial charge in [0, 0.05) is 31.9 Å². The number of rotatable bonds is 8. The van der Waals surface area contributed by atoms with E-state index in [4.69, 9.17) is 0 Å². The third kappa shape index (κ3) is 6.24. The SMILES string of the molecule is O=S(=O)(c1ccccc1)C(CCCN1CCN(c2cccc(C(F)(F)F)c2)CC1)c1ccccc1. The lowest BCUT2D eigenvalue weighted by molar-refractivity contribution is -0.137. The molecule has 1 heterocycles. The zero-order chi connectivity index (χ0) is 24.9. The molecule has 1 fully saturated rings. The number of nitrogens with zero attached hydrogens (tertiary/aromatic N) is 2. The molecule has 1 unspecified atom stereocenters. The number of piperazine rings is 1. The highest BCUT2D eigenvalue weighted by atomic mass is 32.2. The van der Waals surface area contributed by atoms with E-state index in [0.717, 1.165) is 31.3 Å². The Balaban J connectivity index is 1.36. The number of hydrogen-bond acceptors (Lipinski definition) is 4. The molecule has 0 radical (unpaired) electrons. The third-order valence-electron chi connectivity index (χ3n) is 6.47. The lowest BCUT2D eigenvalue weighted by atomic mass is 10.1. The lowest BCUT2D eigenvalue weighted by Crippen LogP contribution is -2.46. The molecule has 0 aromatic heterocycles. The van der Waals surface area contributed by atoms with Crippen molar-refractivity contribution in [1.29, 1.82) is 0 Å². The summed E-state index contributed by atoms with van der Waals surface area (Å²) in [6, 6.07) is 23.3. The Morgan fingerprint density at radius 3 is 2.06 bits per heavy atom. The molecule has 8 heteroatoms. The van der Waals surface area contributed by atoms with E-state index in [-0.39, 0.29) is 0 Å². The van der Waals surface area contributed by atoms with Gasteiger partial charge in [-0.05, 0) is 55.3 Å². The summed E-state index contributed by atoms with van der Waals surface area (Å²) in [5.74, 6) is 0. The van der Waals surface area contributed by atoms with Crippen LogP contribution >= 0.6 is 0 Å². The minimum Gasteiger partial charge on any atom is -0.369 e. The molecule has 0 bridgehead atoms. The maximum absolute atomic E-state index is 13.4. The van der Waals surface area contributed by atoms with Crippen LogP contribution in [-0.4, -0.2) is 46.0 Å². The van der Waals surface area contributed by atoms with Crippen molar-refractivity contribution < 1.29 is 21.6 Å². The van der Waals surface area contributed by atoms with Gasteiger partial charge in [0.05, 0.1) is 15.7 Å². The van der Waals surface area contributed by atoms with Crippen molar-refractivity contribution in [3.63, 3.8) is 0 Å². The number of halogens is 3. The molecule has 186 valence electrons. The maximum atomic E-state index is 13.4. The molecule has 1 aliphatic heterocycles. The Hall–Kier alpha value is -2.84. The first-order chi connectivity index (χ1) is 16.7. The summed E-state index contributed by atoms with van der Waals surface area (Å²) in [6.45, 7) is 3.44. The van der Waals surface area contributed by atoms with Crippen LogP contribution in [0.3, 0.4) is 0 Å². The van der Waals surface area contributed by atoms with Gasteiger partial charge in [-0.3, -0.25) is 4.90 Å². The van der Waals surface area contributed by atoms with Crippen LogP contribution in [0.15, 0.2) is 89.8 Å². The predicted molar refractivity (Wildman–Crippen MR) is 132 cm³/mol. The third-order valence-corrected chi connectivity index (χ3v) is 8.66. The van der Waals surface area contributed by atoms with Gasteiger partial charge in [-0.2, -0.15) is 13.2 Å². The Morgan fingerprint density at radius 1 is 0.800 bits per heavy atom. The van der Waals surface area contributed by atoms with E-state index in [1.807, 2.05) is 35.2 Å². The summed E-state index contributed by atoms with van der Waals surface area (Å²) in [6.07, 6.45) is -3.16. The zero-order valence-electron chi connectivity index (χ0n) is 19.4. The summed E-state index contributed by atoms with van der Waals surface area (Å²) < 4.78 is 66.0. The van der Waals surface area contributed by atoms with E-state index in [2.05, 4.69) is 4.90 Å². The van der Waals surface area contributed by atoms with Gasteiger partial charge in [-0.25, -0.2) is 8.42 Å². The largest absolute Gasteiger partial charge is 0.416 e. The standard InChI is InChI=1S/C27H29F3N2O2S/c28-27(29,30)23-11-7-12-24(21-23)32-19-17-31(18-20-32)16-8-15-26(22-9-3-1-4-10-22)35(33,34)25-13-5-2-6-14-25/h1-7,9-14,21,26H,8,15-20H2. The molecular formula is C27H29F3N2O2S. The van der Waals surface area contributed by atoms with Gasteiger partial charge in [-0.15, -0.1) is 0 Å². The Labute approximate surface area is 204 Å². The van der Waals surface area contributed by atoms with Crippen molar-refractivity contribution in [3.05, 3.63) is 96.1 Å². The van der Waals surface area contributed by atoms with Crippen LogP contribution in [0.2, 0.25) is 0 Å². The van der Waals surface area contributed by atoms with Crippen LogP contribution in [0.1, 0.15) is 29.2 Å². The van der Waals surface area contributed by atoms with Crippen LogP contribution in [-0.2, 0) is 16.0 Å². The molecule has 0 aliphatic carbocycles. The molecule has 4 nitrogen and oxygen atoms in total. The smallest absolute Gasteiger partial charge is 0.369 e.